The number of carbonyl (C=O) groups is 1. The molecule has 20 heavy (non-hydrogen) atoms. The van der Waals surface area contributed by atoms with E-state index in [1.54, 1.807) is 38.0 Å². The monoisotopic (exact) mass is 279 g/mol. The summed E-state index contributed by atoms with van der Waals surface area (Å²) < 4.78 is 8.21. The zero-order valence-corrected chi connectivity index (χ0v) is 11.6. The van der Waals surface area contributed by atoms with E-state index < -0.39 is 12.1 Å². The summed E-state index contributed by atoms with van der Waals surface area (Å²) in [5.74, 6) is -0.541. The quantitative estimate of drug-likeness (QED) is 0.788. The summed E-state index contributed by atoms with van der Waals surface area (Å²) in [5, 5.41) is 17.3. The number of carbonyl (C=O) groups excluding carboxylic acids is 1. The molecule has 0 fully saturated rings. The maximum absolute atomic E-state index is 11.9. The lowest BCUT2D eigenvalue weighted by Gasteiger charge is -2.09. The Morgan fingerprint density at radius 1 is 1.55 bits per heavy atom. The molecule has 8 nitrogen and oxygen atoms in total. The highest BCUT2D eigenvalue weighted by Gasteiger charge is 2.24. The molecule has 0 saturated carbocycles. The van der Waals surface area contributed by atoms with E-state index in [0.717, 1.165) is 0 Å². The molecule has 0 saturated heterocycles. The number of rotatable bonds is 5. The molecule has 8 heteroatoms. The summed E-state index contributed by atoms with van der Waals surface area (Å²) in [4.78, 5) is 16.0. The number of aromatic nitrogens is 5. The van der Waals surface area contributed by atoms with Crippen LogP contribution in [0, 0.1) is 0 Å². The summed E-state index contributed by atoms with van der Waals surface area (Å²) >= 11 is 0. The van der Waals surface area contributed by atoms with Crippen molar-refractivity contribution in [1.82, 2.24) is 24.5 Å². The summed E-state index contributed by atoms with van der Waals surface area (Å²) in [6.45, 7) is 3.85. The van der Waals surface area contributed by atoms with Crippen LogP contribution in [0.15, 0.2) is 12.5 Å². The first-order valence-corrected chi connectivity index (χ1v) is 6.30. The molecule has 1 unspecified atom stereocenters. The first kappa shape index (κ1) is 14.2. The molecule has 0 radical (unpaired) electrons. The van der Waals surface area contributed by atoms with Gasteiger partial charge in [0.25, 0.3) is 0 Å². The van der Waals surface area contributed by atoms with Crippen LogP contribution in [0.3, 0.4) is 0 Å². The maximum atomic E-state index is 11.9. The number of nitrogens with zero attached hydrogens (tertiary/aromatic N) is 5. The Balaban J connectivity index is 2.51. The van der Waals surface area contributed by atoms with Crippen LogP contribution in [0.5, 0.6) is 0 Å². The number of aliphatic hydroxyl groups excluding tert-OH is 1. The van der Waals surface area contributed by atoms with Crippen LogP contribution < -0.4 is 0 Å². The fourth-order valence-electron chi connectivity index (χ4n) is 1.87. The molecule has 108 valence electrons. The molecular weight excluding hydrogens is 262 g/mol. The van der Waals surface area contributed by atoms with Crippen molar-refractivity contribution >= 4 is 5.97 Å². The van der Waals surface area contributed by atoms with Crippen molar-refractivity contribution in [2.45, 2.75) is 26.5 Å². The Labute approximate surface area is 116 Å². The number of imidazole rings is 1. The van der Waals surface area contributed by atoms with Gasteiger partial charge in [-0.05, 0) is 13.8 Å². The van der Waals surface area contributed by atoms with E-state index in [1.165, 1.54) is 4.68 Å². The molecule has 0 aromatic carbocycles. The zero-order chi connectivity index (χ0) is 14.7. The van der Waals surface area contributed by atoms with Gasteiger partial charge in [0.15, 0.2) is 5.69 Å². The van der Waals surface area contributed by atoms with E-state index in [1.807, 2.05) is 0 Å². The predicted molar refractivity (Wildman–Crippen MR) is 69.9 cm³/mol. The smallest absolute Gasteiger partial charge is 0.361 e. The molecule has 1 N–H and O–H groups in total. The molecule has 2 heterocycles. The lowest BCUT2D eigenvalue weighted by atomic mass is 10.2. The van der Waals surface area contributed by atoms with Crippen LogP contribution >= 0.6 is 0 Å². The molecule has 0 amide bonds. The third-order valence-electron chi connectivity index (χ3n) is 2.70. The van der Waals surface area contributed by atoms with Crippen molar-refractivity contribution in [2.75, 3.05) is 6.61 Å². The fraction of sp³-hybridized carbons (Fsp3) is 0.500. The second kappa shape index (κ2) is 5.83. The Kier molecular flexibility index (Phi) is 4.14. The number of aryl methyl sites for hydroxylation is 1. The number of esters is 1. The van der Waals surface area contributed by atoms with E-state index >= 15 is 0 Å². The molecule has 1 atom stereocenters. The highest BCUT2D eigenvalue weighted by Crippen LogP contribution is 2.22. The van der Waals surface area contributed by atoms with Gasteiger partial charge in [0.05, 0.1) is 37.5 Å². The normalized spacial score (nSPS) is 12.4. The molecule has 2 aromatic heterocycles. The molecule has 0 bridgehead atoms. The van der Waals surface area contributed by atoms with E-state index in [-0.39, 0.29) is 18.8 Å². The van der Waals surface area contributed by atoms with Gasteiger partial charge < -0.3 is 14.4 Å². The van der Waals surface area contributed by atoms with Gasteiger partial charge in [0, 0.05) is 7.05 Å². The molecule has 0 aliphatic rings. The minimum atomic E-state index is -0.612. The van der Waals surface area contributed by atoms with Gasteiger partial charge in [-0.3, -0.25) is 0 Å². The lowest BCUT2D eigenvalue weighted by molar-refractivity contribution is 0.0520. The SMILES string of the molecule is CCOC(=O)c1nnn(CC(C)O)c1-c1cncn1C. The van der Waals surface area contributed by atoms with Crippen molar-refractivity contribution in [3.63, 3.8) is 0 Å². The molecule has 0 aliphatic carbocycles. The van der Waals surface area contributed by atoms with Crippen LogP contribution in [0.1, 0.15) is 24.3 Å². The minimum Gasteiger partial charge on any atom is -0.461 e. The van der Waals surface area contributed by atoms with Crippen molar-refractivity contribution in [2.24, 2.45) is 7.05 Å². The average Bonchev–Trinajstić information content (AvgIpc) is 2.95. The standard InChI is InChI=1S/C12H17N5O3/c1-4-20-12(19)10-11(9-5-13-7-16(9)3)17(15-14-10)6-8(2)18/h5,7-8,18H,4,6H2,1-3H3. The number of aliphatic hydroxyl groups is 1. The van der Waals surface area contributed by atoms with Gasteiger partial charge in [-0.1, -0.05) is 5.21 Å². The number of hydrogen-bond donors (Lipinski definition) is 1. The average molecular weight is 279 g/mol. The molecular formula is C12H17N5O3. The predicted octanol–water partition coefficient (Wildman–Crippen LogP) is 0.236. The Hall–Kier alpha value is -2.22. The van der Waals surface area contributed by atoms with Gasteiger partial charge in [-0.2, -0.15) is 0 Å². The van der Waals surface area contributed by atoms with Crippen LogP contribution in [0.2, 0.25) is 0 Å². The Bertz CT molecular complexity index is 602. The Morgan fingerprint density at radius 2 is 2.30 bits per heavy atom. The largest absolute Gasteiger partial charge is 0.461 e. The van der Waals surface area contributed by atoms with E-state index in [4.69, 9.17) is 4.74 Å². The topological polar surface area (TPSA) is 95.1 Å². The van der Waals surface area contributed by atoms with Gasteiger partial charge in [-0.25, -0.2) is 14.5 Å². The zero-order valence-electron chi connectivity index (χ0n) is 11.6. The van der Waals surface area contributed by atoms with Crippen molar-refractivity contribution in [3.8, 4) is 11.4 Å². The van der Waals surface area contributed by atoms with E-state index in [9.17, 15) is 9.90 Å². The maximum Gasteiger partial charge on any atom is 0.361 e. The van der Waals surface area contributed by atoms with Gasteiger partial charge in [0.1, 0.15) is 5.69 Å². The molecule has 0 spiro atoms. The van der Waals surface area contributed by atoms with Gasteiger partial charge in [0.2, 0.25) is 0 Å². The minimum absolute atomic E-state index is 0.121. The number of ether oxygens (including phenoxy) is 1. The third-order valence-corrected chi connectivity index (χ3v) is 2.70. The molecule has 0 aliphatic heterocycles. The molecule has 2 aromatic rings. The summed E-state index contributed by atoms with van der Waals surface area (Å²) in [5.41, 5.74) is 1.29. The summed E-state index contributed by atoms with van der Waals surface area (Å²) in [6, 6.07) is 0. The Morgan fingerprint density at radius 3 is 2.85 bits per heavy atom. The van der Waals surface area contributed by atoms with E-state index in [2.05, 4.69) is 15.3 Å². The summed E-state index contributed by atoms with van der Waals surface area (Å²) in [7, 11) is 1.80. The first-order chi connectivity index (χ1) is 9.54. The third kappa shape index (κ3) is 2.69. The summed E-state index contributed by atoms with van der Waals surface area (Å²) in [6.07, 6.45) is 2.61. The van der Waals surface area contributed by atoms with Crippen molar-refractivity contribution < 1.29 is 14.6 Å². The second-order valence-electron chi connectivity index (χ2n) is 4.43. The molecule has 2 rings (SSSR count). The van der Waals surface area contributed by atoms with E-state index in [0.29, 0.717) is 11.4 Å². The van der Waals surface area contributed by atoms with Crippen LogP contribution in [0.4, 0.5) is 0 Å². The number of hydrogen-bond acceptors (Lipinski definition) is 6. The highest BCUT2D eigenvalue weighted by molar-refractivity contribution is 5.93. The highest BCUT2D eigenvalue weighted by atomic mass is 16.5. The lowest BCUT2D eigenvalue weighted by Crippen LogP contribution is -2.15. The second-order valence-corrected chi connectivity index (χ2v) is 4.43. The first-order valence-electron chi connectivity index (χ1n) is 6.30. The van der Waals surface area contributed by atoms with Gasteiger partial charge >= 0.3 is 5.97 Å². The van der Waals surface area contributed by atoms with Crippen molar-refractivity contribution in [3.05, 3.63) is 18.2 Å². The van der Waals surface area contributed by atoms with Crippen LogP contribution in [-0.4, -0.2) is 48.3 Å². The van der Waals surface area contributed by atoms with Crippen LogP contribution in [-0.2, 0) is 18.3 Å². The van der Waals surface area contributed by atoms with Crippen molar-refractivity contribution in [1.29, 1.82) is 0 Å². The van der Waals surface area contributed by atoms with Gasteiger partial charge in [-0.15, -0.1) is 5.10 Å². The fourth-order valence-corrected chi connectivity index (χ4v) is 1.87. The van der Waals surface area contributed by atoms with Crippen LogP contribution in [0.25, 0.3) is 11.4 Å².